The van der Waals surface area contributed by atoms with Crippen molar-refractivity contribution in [1.82, 2.24) is 15.2 Å². The topological polar surface area (TPSA) is 65.5 Å². The van der Waals surface area contributed by atoms with Crippen LogP contribution in [0.2, 0.25) is 0 Å². The lowest BCUT2D eigenvalue weighted by atomic mass is 10.3. The Balaban J connectivity index is 2.59. The second-order valence-electron chi connectivity index (χ2n) is 3.66. The summed E-state index contributed by atoms with van der Waals surface area (Å²) in [6.07, 6.45) is 0. The molecule has 5 nitrogen and oxygen atoms in total. The van der Waals surface area contributed by atoms with E-state index < -0.39 is 5.97 Å². The summed E-state index contributed by atoms with van der Waals surface area (Å²) < 4.78 is 0. The summed E-state index contributed by atoms with van der Waals surface area (Å²) in [4.78, 5) is 16.9. The Labute approximate surface area is 95.1 Å². The van der Waals surface area contributed by atoms with Crippen molar-refractivity contribution in [1.29, 1.82) is 0 Å². The smallest absolute Gasteiger partial charge is 0.354 e. The Hall–Kier alpha value is -1.46. The molecular formula is C11H17N3O2. The van der Waals surface area contributed by atoms with Gasteiger partial charge >= 0.3 is 5.97 Å². The van der Waals surface area contributed by atoms with Gasteiger partial charge in [0.25, 0.3) is 0 Å². The molecule has 88 valence electrons. The lowest BCUT2D eigenvalue weighted by Gasteiger charge is -2.15. The molecule has 1 heterocycles. The third-order valence-electron chi connectivity index (χ3n) is 2.20. The molecule has 0 bridgehead atoms. The number of aromatic nitrogens is 1. The highest BCUT2D eigenvalue weighted by molar-refractivity contribution is 5.85. The summed E-state index contributed by atoms with van der Waals surface area (Å²) in [6, 6.07) is 5.06. The van der Waals surface area contributed by atoms with Gasteiger partial charge in [-0.2, -0.15) is 0 Å². The number of hydrogen-bond acceptors (Lipinski definition) is 4. The van der Waals surface area contributed by atoms with Gasteiger partial charge in [-0.3, -0.25) is 4.90 Å². The fourth-order valence-electron chi connectivity index (χ4n) is 1.35. The molecule has 0 saturated carbocycles. The fraction of sp³-hybridized carbons (Fsp3) is 0.455. The normalized spacial score (nSPS) is 10.7. The number of rotatable bonds is 6. The van der Waals surface area contributed by atoms with Gasteiger partial charge in [0.1, 0.15) is 5.69 Å². The number of nitrogens with zero attached hydrogens (tertiary/aromatic N) is 2. The summed E-state index contributed by atoms with van der Waals surface area (Å²) in [6.45, 7) is 2.45. The molecular weight excluding hydrogens is 206 g/mol. The molecule has 0 fully saturated rings. The SMILES string of the molecule is CNCCN(C)Cc1cccc(C(=O)O)n1. The number of pyridine rings is 1. The molecule has 1 aromatic rings. The largest absolute Gasteiger partial charge is 0.477 e. The zero-order valence-electron chi connectivity index (χ0n) is 9.60. The number of nitrogens with one attached hydrogen (secondary N) is 1. The van der Waals surface area contributed by atoms with Crippen molar-refractivity contribution in [3.63, 3.8) is 0 Å². The third-order valence-corrected chi connectivity index (χ3v) is 2.20. The quantitative estimate of drug-likeness (QED) is 0.732. The van der Waals surface area contributed by atoms with Crippen LogP contribution in [0, 0.1) is 0 Å². The zero-order chi connectivity index (χ0) is 12.0. The molecule has 0 spiro atoms. The molecule has 5 heteroatoms. The van der Waals surface area contributed by atoms with Gasteiger partial charge in [0.15, 0.2) is 0 Å². The van der Waals surface area contributed by atoms with Gasteiger partial charge in [0.2, 0.25) is 0 Å². The van der Waals surface area contributed by atoms with E-state index in [9.17, 15) is 4.79 Å². The molecule has 0 aliphatic rings. The predicted molar refractivity (Wildman–Crippen MR) is 61.5 cm³/mol. The monoisotopic (exact) mass is 223 g/mol. The lowest BCUT2D eigenvalue weighted by Crippen LogP contribution is -2.27. The van der Waals surface area contributed by atoms with E-state index in [-0.39, 0.29) is 5.69 Å². The maximum absolute atomic E-state index is 10.7. The lowest BCUT2D eigenvalue weighted by molar-refractivity contribution is 0.0690. The first-order valence-corrected chi connectivity index (χ1v) is 5.16. The second kappa shape index (κ2) is 6.19. The highest BCUT2D eigenvalue weighted by atomic mass is 16.4. The first-order valence-electron chi connectivity index (χ1n) is 5.16. The van der Waals surface area contributed by atoms with Gasteiger partial charge in [0, 0.05) is 19.6 Å². The van der Waals surface area contributed by atoms with Gasteiger partial charge < -0.3 is 10.4 Å². The summed E-state index contributed by atoms with van der Waals surface area (Å²) in [5.41, 5.74) is 0.873. The molecule has 0 unspecified atom stereocenters. The van der Waals surface area contributed by atoms with Crippen LogP contribution in [0.15, 0.2) is 18.2 Å². The van der Waals surface area contributed by atoms with Crippen molar-refractivity contribution in [2.45, 2.75) is 6.54 Å². The molecule has 0 atom stereocenters. The summed E-state index contributed by atoms with van der Waals surface area (Å²) in [5, 5.41) is 11.9. The van der Waals surface area contributed by atoms with Crippen molar-refractivity contribution in [3.8, 4) is 0 Å². The van der Waals surface area contributed by atoms with Crippen LogP contribution in [-0.2, 0) is 6.54 Å². The Bertz CT molecular complexity index is 355. The maximum Gasteiger partial charge on any atom is 0.354 e. The van der Waals surface area contributed by atoms with Gasteiger partial charge in [-0.25, -0.2) is 9.78 Å². The highest BCUT2D eigenvalue weighted by Crippen LogP contribution is 2.02. The van der Waals surface area contributed by atoms with Crippen LogP contribution in [-0.4, -0.2) is 48.1 Å². The van der Waals surface area contributed by atoms with E-state index in [0.29, 0.717) is 6.54 Å². The molecule has 0 saturated heterocycles. The maximum atomic E-state index is 10.7. The van der Waals surface area contributed by atoms with E-state index in [1.54, 1.807) is 6.07 Å². The minimum atomic E-state index is -0.986. The van der Waals surface area contributed by atoms with Crippen molar-refractivity contribution in [2.75, 3.05) is 27.2 Å². The molecule has 0 aromatic carbocycles. The average Bonchev–Trinajstić information content (AvgIpc) is 2.26. The first-order chi connectivity index (χ1) is 7.63. The fourth-order valence-corrected chi connectivity index (χ4v) is 1.35. The molecule has 1 aromatic heterocycles. The molecule has 1 rings (SSSR count). The van der Waals surface area contributed by atoms with Crippen molar-refractivity contribution in [3.05, 3.63) is 29.6 Å². The molecule has 16 heavy (non-hydrogen) atoms. The number of likely N-dealkylation sites (N-methyl/N-ethyl adjacent to an activating group) is 2. The van der Waals surface area contributed by atoms with Crippen LogP contribution < -0.4 is 5.32 Å². The zero-order valence-corrected chi connectivity index (χ0v) is 9.60. The van der Waals surface area contributed by atoms with Crippen molar-refractivity contribution < 1.29 is 9.90 Å². The number of carbonyl (C=O) groups is 1. The van der Waals surface area contributed by atoms with Crippen molar-refractivity contribution in [2.24, 2.45) is 0 Å². The summed E-state index contributed by atoms with van der Waals surface area (Å²) >= 11 is 0. The van der Waals surface area contributed by atoms with Gasteiger partial charge in [-0.15, -0.1) is 0 Å². The second-order valence-corrected chi connectivity index (χ2v) is 3.66. The van der Waals surface area contributed by atoms with Crippen LogP contribution in [0.5, 0.6) is 0 Å². The van der Waals surface area contributed by atoms with Crippen LogP contribution in [0.4, 0.5) is 0 Å². The molecule has 0 aliphatic heterocycles. The Kier molecular flexibility index (Phi) is 4.88. The predicted octanol–water partition coefficient (Wildman–Crippen LogP) is 0.431. The molecule has 2 N–H and O–H groups in total. The van der Waals surface area contributed by atoms with Crippen LogP contribution >= 0.6 is 0 Å². The van der Waals surface area contributed by atoms with E-state index in [1.807, 2.05) is 20.2 Å². The number of aromatic carboxylic acids is 1. The number of carboxylic acid groups (broad SMARTS) is 1. The number of carboxylic acids is 1. The van der Waals surface area contributed by atoms with E-state index in [1.165, 1.54) is 6.07 Å². The van der Waals surface area contributed by atoms with Crippen LogP contribution in [0.3, 0.4) is 0 Å². The Morgan fingerprint density at radius 3 is 2.94 bits per heavy atom. The van der Waals surface area contributed by atoms with Gasteiger partial charge in [0.05, 0.1) is 5.69 Å². The van der Waals surface area contributed by atoms with Gasteiger partial charge in [-0.1, -0.05) is 6.07 Å². The van der Waals surface area contributed by atoms with Crippen molar-refractivity contribution >= 4 is 5.97 Å². The van der Waals surface area contributed by atoms with Crippen LogP contribution in [0.25, 0.3) is 0 Å². The molecule has 0 radical (unpaired) electrons. The first kappa shape index (κ1) is 12.6. The van der Waals surface area contributed by atoms with E-state index >= 15 is 0 Å². The van der Waals surface area contributed by atoms with Gasteiger partial charge in [-0.05, 0) is 26.2 Å². The minimum absolute atomic E-state index is 0.0968. The molecule has 0 aliphatic carbocycles. The van der Waals surface area contributed by atoms with E-state index in [2.05, 4.69) is 15.2 Å². The van der Waals surface area contributed by atoms with Crippen LogP contribution in [0.1, 0.15) is 16.2 Å². The Morgan fingerprint density at radius 2 is 2.31 bits per heavy atom. The molecule has 0 amide bonds. The summed E-state index contributed by atoms with van der Waals surface area (Å²) in [7, 11) is 3.88. The number of hydrogen-bond donors (Lipinski definition) is 2. The highest BCUT2D eigenvalue weighted by Gasteiger charge is 2.06. The standard InChI is InChI=1S/C11H17N3O2/c1-12-6-7-14(2)8-9-4-3-5-10(13-9)11(15)16/h3-5,12H,6-8H2,1-2H3,(H,15,16). The minimum Gasteiger partial charge on any atom is -0.477 e. The third kappa shape index (κ3) is 3.96. The van der Waals surface area contributed by atoms with E-state index in [4.69, 9.17) is 5.11 Å². The Morgan fingerprint density at radius 1 is 1.56 bits per heavy atom. The van der Waals surface area contributed by atoms with E-state index in [0.717, 1.165) is 18.8 Å². The average molecular weight is 223 g/mol. The summed E-state index contributed by atoms with van der Waals surface area (Å²) in [5.74, 6) is -0.986.